The van der Waals surface area contributed by atoms with Crippen LogP contribution in [0.5, 0.6) is 0 Å². The molecule has 3 N–H and O–H groups in total. The van der Waals surface area contributed by atoms with Gasteiger partial charge < -0.3 is 15.7 Å². The van der Waals surface area contributed by atoms with Gasteiger partial charge in [-0.25, -0.2) is 0 Å². The van der Waals surface area contributed by atoms with Gasteiger partial charge in [0.15, 0.2) is 5.60 Å². The van der Waals surface area contributed by atoms with Crippen LogP contribution in [0.15, 0.2) is 60.7 Å². The molecule has 0 bridgehead atoms. The summed E-state index contributed by atoms with van der Waals surface area (Å²) in [4.78, 5) is 0. The van der Waals surface area contributed by atoms with E-state index in [0.29, 0.717) is 0 Å². The van der Waals surface area contributed by atoms with Crippen LogP contribution in [-0.2, 0) is 13.1 Å². The van der Waals surface area contributed by atoms with Crippen LogP contribution in [0.1, 0.15) is 11.1 Å². The van der Waals surface area contributed by atoms with Gasteiger partial charge in [0, 0.05) is 26.2 Å². The van der Waals surface area contributed by atoms with Crippen molar-refractivity contribution in [2.24, 2.45) is 0 Å². The van der Waals surface area contributed by atoms with E-state index in [4.69, 9.17) is 0 Å². The molecule has 0 spiro atoms. The highest BCUT2D eigenvalue weighted by Gasteiger charge is 2.53. The molecule has 0 unspecified atom stereocenters. The van der Waals surface area contributed by atoms with Gasteiger partial charge in [0.1, 0.15) is 0 Å². The SMILES string of the molecule is OC(CNCc1ccccc1)(CNCc1ccccc1)C(F)(F)F. The van der Waals surface area contributed by atoms with Gasteiger partial charge >= 0.3 is 6.18 Å². The first kappa shape index (κ1) is 18.4. The van der Waals surface area contributed by atoms with Crippen LogP contribution in [0.4, 0.5) is 13.2 Å². The van der Waals surface area contributed by atoms with E-state index in [2.05, 4.69) is 10.6 Å². The number of benzene rings is 2. The minimum Gasteiger partial charge on any atom is -0.378 e. The first-order chi connectivity index (χ1) is 11.4. The number of rotatable bonds is 8. The summed E-state index contributed by atoms with van der Waals surface area (Å²) in [5.41, 5.74) is -1.10. The maximum absolute atomic E-state index is 13.2. The molecule has 0 fully saturated rings. The maximum atomic E-state index is 13.2. The summed E-state index contributed by atoms with van der Waals surface area (Å²) in [5, 5.41) is 15.4. The monoisotopic (exact) mass is 338 g/mol. The maximum Gasteiger partial charge on any atom is 0.419 e. The van der Waals surface area contributed by atoms with Gasteiger partial charge in [0.05, 0.1) is 0 Å². The van der Waals surface area contributed by atoms with Crippen molar-refractivity contribution in [3.63, 3.8) is 0 Å². The molecule has 2 aromatic carbocycles. The zero-order chi connectivity index (χ0) is 17.5. The summed E-state index contributed by atoms with van der Waals surface area (Å²) in [7, 11) is 0. The van der Waals surface area contributed by atoms with E-state index in [9.17, 15) is 18.3 Å². The van der Waals surface area contributed by atoms with E-state index in [1.807, 2.05) is 60.7 Å². The summed E-state index contributed by atoms with van der Waals surface area (Å²) >= 11 is 0. The van der Waals surface area contributed by atoms with E-state index in [1.54, 1.807) is 0 Å². The molecule has 0 radical (unpaired) electrons. The fourth-order valence-corrected chi connectivity index (χ4v) is 2.28. The van der Waals surface area contributed by atoms with Gasteiger partial charge in [-0.2, -0.15) is 13.2 Å². The third-order valence-electron chi connectivity index (χ3n) is 3.71. The summed E-state index contributed by atoms with van der Waals surface area (Å²) in [6, 6.07) is 18.2. The molecule has 0 aromatic heterocycles. The standard InChI is InChI=1S/C18H21F3N2O/c19-18(20,21)17(24,13-22-11-15-7-3-1-4-8-15)14-23-12-16-9-5-2-6-10-16/h1-10,22-24H,11-14H2. The van der Waals surface area contributed by atoms with E-state index in [-0.39, 0.29) is 13.1 Å². The van der Waals surface area contributed by atoms with Crippen LogP contribution in [0.3, 0.4) is 0 Å². The van der Waals surface area contributed by atoms with Gasteiger partial charge in [-0.3, -0.25) is 0 Å². The molecule has 0 amide bonds. The fourth-order valence-electron chi connectivity index (χ4n) is 2.28. The molecule has 24 heavy (non-hydrogen) atoms. The van der Waals surface area contributed by atoms with Crippen LogP contribution in [0, 0.1) is 0 Å². The van der Waals surface area contributed by atoms with Gasteiger partial charge in [-0.1, -0.05) is 60.7 Å². The highest BCUT2D eigenvalue weighted by atomic mass is 19.4. The van der Waals surface area contributed by atoms with E-state index < -0.39 is 24.9 Å². The molecular weight excluding hydrogens is 317 g/mol. The normalized spacial score (nSPS) is 12.3. The molecule has 6 heteroatoms. The van der Waals surface area contributed by atoms with Crippen molar-refractivity contribution in [1.82, 2.24) is 10.6 Å². The largest absolute Gasteiger partial charge is 0.419 e. The Morgan fingerprint density at radius 1 is 0.708 bits per heavy atom. The first-order valence-corrected chi connectivity index (χ1v) is 7.69. The van der Waals surface area contributed by atoms with Gasteiger partial charge in [-0.15, -0.1) is 0 Å². The van der Waals surface area contributed by atoms with Crippen molar-refractivity contribution in [1.29, 1.82) is 0 Å². The molecule has 0 aliphatic heterocycles. The molecule has 130 valence electrons. The lowest BCUT2D eigenvalue weighted by Crippen LogP contribution is -2.58. The van der Waals surface area contributed by atoms with E-state index >= 15 is 0 Å². The lowest BCUT2D eigenvalue weighted by Gasteiger charge is -2.31. The average molecular weight is 338 g/mol. The van der Waals surface area contributed by atoms with E-state index in [0.717, 1.165) is 11.1 Å². The Balaban J connectivity index is 1.88. The van der Waals surface area contributed by atoms with E-state index in [1.165, 1.54) is 0 Å². The molecule has 2 rings (SSSR count). The van der Waals surface area contributed by atoms with Gasteiger partial charge in [0.2, 0.25) is 0 Å². The Morgan fingerprint density at radius 2 is 1.08 bits per heavy atom. The van der Waals surface area contributed by atoms with Gasteiger partial charge in [-0.05, 0) is 11.1 Å². The zero-order valence-corrected chi connectivity index (χ0v) is 13.2. The first-order valence-electron chi connectivity index (χ1n) is 7.69. The fraction of sp³-hybridized carbons (Fsp3) is 0.333. The number of halogens is 3. The minimum atomic E-state index is -4.72. The Bertz CT molecular complexity index is 557. The lowest BCUT2D eigenvalue weighted by molar-refractivity contribution is -0.255. The summed E-state index contributed by atoms with van der Waals surface area (Å²) < 4.78 is 39.7. The number of alkyl halides is 3. The van der Waals surface area contributed by atoms with Crippen molar-refractivity contribution < 1.29 is 18.3 Å². The molecule has 3 nitrogen and oxygen atoms in total. The van der Waals surface area contributed by atoms with Crippen LogP contribution in [-0.4, -0.2) is 30.0 Å². The number of nitrogens with one attached hydrogen (secondary N) is 2. The highest BCUT2D eigenvalue weighted by molar-refractivity contribution is 5.15. The Morgan fingerprint density at radius 3 is 1.42 bits per heavy atom. The molecule has 0 heterocycles. The molecule has 0 atom stereocenters. The van der Waals surface area contributed by atoms with Crippen molar-refractivity contribution >= 4 is 0 Å². The number of hydrogen-bond acceptors (Lipinski definition) is 3. The number of aliphatic hydroxyl groups is 1. The van der Waals surface area contributed by atoms with Crippen molar-refractivity contribution in [2.75, 3.05) is 13.1 Å². The summed E-state index contributed by atoms with van der Waals surface area (Å²) in [5.74, 6) is 0. The van der Waals surface area contributed by atoms with Crippen molar-refractivity contribution in [3.8, 4) is 0 Å². The lowest BCUT2D eigenvalue weighted by atomic mass is 10.0. The van der Waals surface area contributed by atoms with Crippen LogP contribution < -0.4 is 10.6 Å². The third-order valence-corrected chi connectivity index (χ3v) is 3.71. The predicted octanol–water partition coefficient (Wildman–Crippen LogP) is 2.86. The van der Waals surface area contributed by atoms with Crippen molar-refractivity contribution in [3.05, 3.63) is 71.8 Å². The Hall–Kier alpha value is -1.89. The van der Waals surface area contributed by atoms with Crippen LogP contribution in [0.2, 0.25) is 0 Å². The van der Waals surface area contributed by atoms with Crippen LogP contribution in [0.25, 0.3) is 0 Å². The zero-order valence-electron chi connectivity index (χ0n) is 13.2. The molecular formula is C18H21F3N2O. The second-order valence-corrected chi connectivity index (χ2v) is 5.71. The van der Waals surface area contributed by atoms with Crippen LogP contribution >= 0.6 is 0 Å². The highest BCUT2D eigenvalue weighted by Crippen LogP contribution is 2.29. The molecule has 0 aliphatic carbocycles. The Labute approximate surface area is 139 Å². The average Bonchev–Trinajstić information content (AvgIpc) is 2.56. The molecule has 0 saturated carbocycles. The summed E-state index contributed by atoms with van der Waals surface area (Å²) in [6.45, 7) is -0.629. The predicted molar refractivity (Wildman–Crippen MR) is 87.3 cm³/mol. The molecule has 2 aromatic rings. The second kappa shape index (κ2) is 8.28. The minimum absolute atomic E-state index is 0.262. The molecule has 0 aliphatic rings. The topological polar surface area (TPSA) is 44.3 Å². The van der Waals surface area contributed by atoms with Crippen molar-refractivity contribution in [2.45, 2.75) is 24.9 Å². The number of hydrogen-bond donors (Lipinski definition) is 3. The van der Waals surface area contributed by atoms with Gasteiger partial charge in [0.25, 0.3) is 0 Å². The second-order valence-electron chi connectivity index (χ2n) is 5.71. The Kier molecular flexibility index (Phi) is 6.36. The third kappa shape index (κ3) is 5.33. The molecule has 0 saturated heterocycles. The quantitative estimate of drug-likeness (QED) is 0.693. The smallest absolute Gasteiger partial charge is 0.378 e. The summed E-state index contributed by atoms with van der Waals surface area (Å²) in [6.07, 6.45) is -4.72.